The third-order valence-corrected chi connectivity index (χ3v) is 7.58. The van der Waals surface area contributed by atoms with E-state index in [1.807, 2.05) is 23.6 Å². The van der Waals surface area contributed by atoms with Gasteiger partial charge in [0.1, 0.15) is 11.9 Å². The molecule has 0 bridgehead atoms. The maximum absolute atomic E-state index is 11.5. The molecule has 1 aliphatic heterocycles. The fourth-order valence-corrected chi connectivity index (χ4v) is 5.62. The molecule has 0 aliphatic carbocycles. The largest absolute Gasteiger partial charge is 0.483 e. The van der Waals surface area contributed by atoms with Crippen LogP contribution >= 0.6 is 11.3 Å². The van der Waals surface area contributed by atoms with Crippen molar-refractivity contribution in [3.8, 4) is 5.75 Å². The van der Waals surface area contributed by atoms with Gasteiger partial charge in [0, 0.05) is 37.0 Å². The van der Waals surface area contributed by atoms with Gasteiger partial charge in [0.2, 0.25) is 0 Å². The number of hydrogen-bond donors (Lipinski definition) is 2. The van der Waals surface area contributed by atoms with Crippen molar-refractivity contribution in [2.45, 2.75) is 37.8 Å². The number of carbonyl (C=O) groups is 1. The Balaban J connectivity index is 1.49. The highest BCUT2D eigenvalue weighted by Gasteiger charge is 2.36. The maximum atomic E-state index is 11.5. The molecule has 0 radical (unpaired) electrons. The van der Waals surface area contributed by atoms with Gasteiger partial charge in [0.25, 0.3) is 0 Å². The van der Waals surface area contributed by atoms with E-state index in [1.165, 1.54) is 5.56 Å². The molecule has 0 saturated carbocycles. The van der Waals surface area contributed by atoms with Gasteiger partial charge in [-0.1, -0.05) is 55.5 Å². The minimum atomic E-state index is -0.425. The first-order chi connectivity index (χ1) is 17.1. The molecule has 4 rings (SSSR count). The van der Waals surface area contributed by atoms with Gasteiger partial charge in [-0.05, 0) is 48.5 Å². The Morgan fingerprint density at radius 2 is 1.80 bits per heavy atom. The number of rotatable bonds is 10. The van der Waals surface area contributed by atoms with Crippen molar-refractivity contribution in [2.75, 3.05) is 38.2 Å². The summed E-state index contributed by atoms with van der Waals surface area (Å²) in [6, 6.07) is 23.2. The predicted octanol–water partition coefficient (Wildman–Crippen LogP) is 5.72. The second-order valence-electron chi connectivity index (χ2n) is 8.73. The summed E-state index contributed by atoms with van der Waals surface area (Å²) in [5.74, 6) is 0.863. The zero-order chi connectivity index (χ0) is 24.5. The highest BCUT2D eigenvalue weighted by molar-refractivity contribution is 7.10. The van der Waals surface area contributed by atoms with Crippen molar-refractivity contribution in [3.05, 3.63) is 82.6 Å². The van der Waals surface area contributed by atoms with Gasteiger partial charge in [0.05, 0.1) is 12.3 Å². The number of para-hydroxylation sites is 2. The SMILES string of the molecule is CCNC1(c2ccccc2)CCN(c2ccccc2OC(CCOC(=O)NC)c2cccs2)CC1. The number of ether oxygens (including phenoxy) is 2. The molecule has 1 unspecified atom stereocenters. The van der Waals surface area contributed by atoms with E-state index >= 15 is 0 Å². The van der Waals surface area contributed by atoms with E-state index < -0.39 is 6.09 Å². The van der Waals surface area contributed by atoms with Crippen molar-refractivity contribution in [3.63, 3.8) is 0 Å². The zero-order valence-electron chi connectivity index (χ0n) is 20.5. The summed E-state index contributed by atoms with van der Waals surface area (Å²) in [6.07, 6.45) is 2.02. The molecule has 186 valence electrons. The second-order valence-corrected chi connectivity index (χ2v) is 9.71. The van der Waals surface area contributed by atoms with E-state index in [0.717, 1.165) is 48.8 Å². The molecular weight excluding hydrogens is 458 g/mol. The van der Waals surface area contributed by atoms with Crippen LogP contribution in [0.5, 0.6) is 5.75 Å². The topological polar surface area (TPSA) is 62.8 Å². The van der Waals surface area contributed by atoms with Crippen LogP contribution in [-0.2, 0) is 10.3 Å². The van der Waals surface area contributed by atoms with Gasteiger partial charge >= 0.3 is 6.09 Å². The summed E-state index contributed by atoms with van der Waals surface area (Å²) >= 11 is 1.66. The molecule has 1 atom stereocenters. The third kappa shape index (κ3) is 6.16. The van der Waals surface area contributed by atoms with E-state index in [-0.39, 0.29) is 18.2 Å². The number of hydrogen-bond acceptors (Lipinski definition) is 6. The number of benzene rings is 2. The molecule has 6 nitrogen and oxygen atoms in total. The Morgan fingerprint density at radius 1 is 1.06 bits per heavy atom. The minimum absolute atomic E-state index is 0.000988. The number of anilines is 1. The number of thiophene rings is 1. The maximum Gasteiger partial charge on any atom is 0.406 e. The van der Waals surface area contributed by atoms with Crippen molar-refractivity contribution in [1.82, 2.24) is 10.6 Å². The Hall–Kier alpha value is -3.03. The van der Waals surface area contributed by atoms with Gasteiger partial charge in [-0.2, -0.15) is 0 Å². The van der Waals surface area contributed by atoms with Gasteiger partial charge in [-0.25, -0.2) is 4.79 Å². The van der Waals surface area contributed by atoms with E-state index in [2.05, 4.69) is 71.0 Å². The van der Waals surface area contributed by atoms with Crippen LogP contribution in [0.15, 0.2) is 72.1 Å². The summed E-state index contributed by atoms with van der Waals surface area (Å²) in [7, 11) is 1.56. The molecule has 1 aromatic heterocycles. The lowest BCUT2D eigenvalue weighted by atomic mass is 9.80. The van der Waals surface area contributed by atoms with Gasteiger partial charge in [-0.15, -0.1) is 11.3 Å². The molecule has 2 heterocycles. The fraction of sp³-hybridized carbons (Fsp3) is 0.393. The highest BCUT2D eigenvalue weighted by Crippen LogP contribution is 2.39. The average Bonchev–Trinajstić information content (AvgIpc) is 3.44. The number of amides is 1. The number of nitrogens with zero attached hydrogens (tertiary/aromatic N) is 1. The summed E-state index contributed by atoms with van der Waals surface area (Å²) in [5, 5.41) is 8.32. The number of nitrogens with one attached hydrogen (secondary N) is 2. The third-order valence-electron chi connectivity index (χ3n) is 6.61. The number of piperidine rings is 1. The van der Waals surface area contributed by atoms with Crippen molar-refractivity contribution < 1.29 is 14.3 Å². The molecule has 1 fully saturated rings. The lowest BCUT2D eigenvalue weighted by Crippen LogP contribution is -2.51. The average molecular weight is 494 g/mol. The lowest BCUT2D eigenvalue weighted by molar-refractivity contribution is 0.118. The van der Waals surface area contributed by atoms with Crippen LogP contribution in [0.4, 0.5) is 10.5 Å². The minimum Gasteiger partial charge on any atom is -0.483 e. The molecule has 0 spiro atoms. The van der Waals surface area contributed by atoms with Crippen molar-refractivity contribution in [1.29, 1.82) is 0 Å². The first-order valence-electron chi connectivity index (χ1n) is 12.3. The Labute approximate surface area is 212 Å². The summed E-state index contributed by atoms with van der Waals surface area (Å²) in [6.45, 7) is 5.28. The standard InChI is InChI=1S/C28H35N3O3S/c1-3-30-28(22-10-5-4-6-11-22)16-18-31(19-17-28)23-12-7-8-13-24(23)34-25(26-14-9-21-35-26)15-20-33-27(32)29-2/h4-14,21,25,30H,3,15-20H2,1-2H3,(H,29,32). The molecule has 35 heavy (non-hydrogen) atoms. The number of alkyl carbamates (subject to hydrolysis) is 1. The van der Waals surface area contributed by atoms with Crippen LogP contribution in [0, 0.1) is 0 Å². The van der Waals surface area contributed by atoms with Crippen LogP contribution in [-0.4, -0.2) is 39.4 Å². The smallest absolute Gasteiger partial charge is 0.406 e. The van der Waals surface area contributed by atoms with Crippen LogP contribution < -0.4 is 20.3 Å². The van der Waals surface area contributed by atoms with Crippen LogP contribution in [0.1, 0.15) is 42.7 Å². The Bertz CT molecular complexity index is 1050. The first-order valence-corrected chi connectivity index (χ1v) is 13.2. The van der Waals surface area contributed by atoms with Gasteiger partial charge in [-0.3, -0.25) is 0 Å². The summed E-state index contributed by atoms with van der Waals surface area (Å²) in [5.41, 5.74) is 2.47. The summed E-state index contributed by atoms with van der Waals surface area (Å²) in [4.78, 5) is 15.1. The van der Waals surface area contributed by atoms with Crippen LogP contribution in [0.25, 0.3) is 0 Å². The molecule has 3 aromatic rings. The normalized spacial score (nSPS) is 15.9. The second kappa shape index (κ2) is 12.1. The molecule has 7 heteroatoms. The highest BCUT2D eigenvalue weighted by atomic mass is 32.1. The lowest BCUT2D eigenvalue weighted by Gasteiger charge is -2.44. The number of carbonyl (C=O) groups excluding carboxylic acids is 1. The van der Waals surface area contributed by atoms with Gasteiger partial charge in [0.15, 0.2) is 0 Å². The van der Waals surface area contributed by atoms with Crippen molar-refractivity contribution >= 4 is 23.1 Å². The van der Waals surface area contributed by atoms with E-state index in [1.54, 1.807) is 18.4 Å². The van der Waals surface area contributed by atoms with Crippen LogP contribution in [0.3, 0.4) is 0 Å². The molecule has 2 aromatic carbocycles. The Morgan fingerprint density at radius 3 is 2.49 bits per heavy atom. The van der Waals surface area contributed by atoms with Crippen LogP contribution in [0.2, 0.25) is 0 Å². The molecular formula is C28H35N3O3S. The van der Waals surface area contributed by atoms with E-state index in [4.69, 9.17) is 9.47 Å². The molecule has 1 saturated heterocycles. The fourth-order valence-electron chi connectivity index (χ4n) is 4.83. The van der Waals surface area contributed by atoms with Crippen molar-refractivity contribution in [2.24, 2.45) is 0 Å². The Kier molecular flexibility index (Phi) is 8.66. The zero-order valence-corrected chi connectivity index (χ0v) is 21.4. The van der Waals surface area contributed by atoms with E-state index in [0.29, 0.717) is 6.42 Å². The van der Waals surface area contributed by atoms with Gasteiger partial charge < -0.3 is 25.0 Å². The predicted molar refractivity (Wildman–Crippen MR) is 142 cm³/mol. The summed E-state index contributed by atoms with van der Waals surface area (Å²) < 4.78 is 11.8. The monoisotopic (exact) mass is 493 g/mol. The molecule has 1 aliphatic rings. The molecule has 1 amide bonds. The van der Waals surface area contributed by atoms with E-state index in [9.17, 15) is 4.79 Å². The molecule has 2 N–H and O–H groups in total. The first kappa shape index (κ1) is 25.1. The quantitative estimate of drug-likeness (QED) is 0.378.